The Bertz CT molecular complexity index is 1010. The molecule has 3 rings (SSSR count). The Morgan fingerprint density at radius 1 is 1.00 bits per heavy atom. The zero-order valence-corrected chi connectivity index (χ0v) is 19.4. The molecule has 4 N–H and O–H groups in total. The van der Waals surface area contributed by atoms with E-state index < -0.39 is 0 Å². The van der Waals surface area contributed by atoms with Gasteiger partial charge < -0.3 is 21.3 Å². The van der Waals surface area contributed by atoms with Crippen LogP contribution in [0.5, 0.6) is 0 Å². The zero-order chi connectivity index (χ0) is 22.4. The van der Waals surface area contributed by atoms with Crippen LogP contribution < -0.4 is 16.4 Å². The third kappa shape index (κ3) is 6.28. The van der Waals surface area contributed by atoms with Crippen molar-refractivity contribution in [2.75, 3.05) is 36.0 Å². The Morgan fingerprint density at radius 3 is 2.48 bits per heavy atom. The first-order valence-corrected chi connectivity index (χ1v) is 11.2. The second kappa shape index (κ2) is 10.4. The van der Waals surface area contributed by atoms with Crippen molar-refractivity contribution in [2.45, 2.75) is 53.5 Å². The summed E-state index contributed by atoms with van der Waals surface area (Å²) in [6.07, 6.45) is 2.23. The van der Waals surface area contributed by atoms with E-state index in [1.165, 1.54) is 0 Å². The van der Waals surface area contributed by atoms with E-state index in [1.54, 1.807) is 0 Å². The Morgan fingerprint density at radius 2 is 1.74 bits per heavy atom. The first-order chi connectivity index (χ1) is 14.9. The van der Waals surface area contributed by atoms with Crippen LogP contribution in [0, 0.1) is 13.8 Å². The SMILES string of the molecule is CCN(CC)CCC[C@H](C)Nc1nc(C)cc(Nc2ccc3nc(C)cc(N)c3c2)n1. The van der Waals surface area contributed by atoms with Gasteiger partial charge in [-0.1, -0.05) is 13.8 Å². The first-order valence-electron chi connectivity index (χ1n) is 11.2. The van der Waals surface area contributed by atoms with Crippen molar-refractivity contribution in [3.05, 3.63) is 41.7 Å². The average Bonchev–Trinajstić information content (AvgIpc) is 2.71. The standard InChI is InChI=1S/C24H35N7/c1-6-31(7-2)12-8-9-16(3)27-24-28-18(5)14-23(30-24)29-19-10-11-22-20(15-19)21(25)13-17(4)26-22/h10-11,13-16H,6-9,12H2,1-5H3,(H2,25,26)(H2,27,28,29,30)/t16-/m0/s1. The number of pyridine rings is 1. The Hall–Kier alpha value is -2.93. The number of hydrogen-bond donors (Lipinski definition) is 3. The highest BCUT2D eigenvalue weighted by molar-refractivity contribution is 5.93. The number of nitrogens with two attached hydrogens (primary N) is 1. The number of fused-ring (bicyclic) bond motifs is 1. The quantitative estimate of drug-likeness (QED) is 0.429. The number of aromatic nitrogens is 3. The number of aryl methyl sites for hydroxylation is 2. The van der Waals surface area contributed by atoms with Crippen LogP contribution >= 0.6 is 0 Å². The molecular weight excluding hydrogens is 386 g/mol. The molecule has 0 radical (unpaired) electrons. The van der Waals surface area contributed by atoms with Crippen LogP contribution in [0.15, 0.2) is 30.3 Å². The van der Waals surface area contributed by atoms with Gasteiger partial charge in [0.05, 0.1) is 5.52 Å². The van der Waals surface area contributed by atoms with E-state index in [4.69, 9.17) is 5.73 Å². The molecule has 0 fully saturated rings. The van der Waals surface area contributed by atoms with E-state index in [9.17, 15) is 0 Å². The average molecular weight is 422 g/mol. The fourth-order valence-corrected chi connectivity index (χ4v) is 3.77. The van der Waals surface area contributed by atoms with Crippen molar-refractivity contribution in [1.82, 2.24) is 19.9 Å². The third-order valence-electron chi connectivity index (χ3n) is 5.48. The lowest BCUT2D eigenvalue weighted by molar-refractivity contribution is 0.295. The second-order valence-corrected chi connectivity index (χ2v) is 8.14. The maximum absolute atomic E-state index is 6.19. The lowest BCUT2D eigenvalue weighted by Gasteiger charge is -2.20. The van der Waals surface area contributed by atoms with Crippen molar-refractivity contribution in [1.29, 1.82) is 0 Å². The smallest absolute Gasteiger partial charge is 0.225 e. The van der Waals surface area contributed by atoms with E-state index >= 15 is 0 Å². The number of nitrogen functional groups attached to an aromatic ring is 1. The van der Waals surface area contributed by atoms with Gasteiger partial charge in [0, 0.05) is 40.3 Å². The minimum absolute atomic E-state index is 0.306. The maximum atomic E-state index is 6.19. The predicted molar refractivity (Wildman–Crippen MR) is 131 cm³/mol. The van der Waals surface area contributed by atoms with Gasteiger partial charge in [0.1, 0.15) is 5.82 Å². The van der Waals surface area contributed by atoms with Gasteiger partial charge in [-0.15, -0.1) is 0 Å². The van der Waals surface area contributed by atoms with Gasteiger partial charge in [0.2, 0.25) is 5.95 Å². The van der Waals surface area contributed by atoms with Crippen LogP contribution in [0.1, 0.15) is 45.0 Å². The molecule has 1 atom stereocenters. The monoisotopic (exact) mass is 421 g/mol. The molecule has 1 aromatic carbocycles. The lowest BCUT2D eigenvalue weighted by atomic mass is 10.1. The van der Waals surface area contributed by atoms with Gasteiger partial charge in [-0.05, 0) is 77.5 Å². The van der Waals surface area contributed by atoms with E-state index in [-0.39, 0.29) is 0 Å². The Balaban J connectivity index is 1.67. The number of nitrogens with zero attached hydrogens (tertiary/aromatic N) is 4. The van der Waals surface area contributed by atoms with Crippen LogP contribution in [0.3, 0.4) is 0 Å². The van der Waals surface area contributed by atoms with E-state index in [1.807, 2.05) is 44.2 Å². The van der Waals surface area contributed by atoms with Gasteiger partial charge in [0.25, 0.3) is 0 Å². The molecule has 3 aromatic rings. The summed E-state index contributed by atoms with van der Waals surface area (Å²) in [5.41, 5.74) is 10.6. The molecule has 0 spiro atoms. The van der Waals surface area contributed by atoms with E-state index in [0.29, 0.717) is 12.0 Å². The molecule has 0 amide bonds. The number of anilines is 4. The summed E-state index contributed by atoms with van der Waals surface area (Å²) in [6.45, 7) is 13.9. The predicted octanol–water partition coefficient (Wildman–Crippen LogP) is 4.89. The summed E-state index contributed by atoms with van der Waals surface area (Å²) in [7, 11) is 0. The molecule has 0 saturated carbocycles. The van der Waals surface area contributed by atoms with Crippen LogP contribution in [0.2, 0.25) is 0 Å². The second-order valence-electron chi connectivity index (χ2n) is 8.14. The molecule has 31 heavy (non-hydrogen) atoms. The Kier molecular flexibility index (Phi) is 7.63. The van der Waals surface area contributed by atoms with Crippen LogP contribution in [-0.2, 0) is 0 Å². The third-order valence-corrected chi connectivity index (χ3v) is 5.48. The molecule has 0 unspecified atom stereocenters. The fourth-order valence-electron chi connectivity index (χ4n) is 3.77. The minimum Gasteiger partial charge on any atom is -0.398 e. The molecular formula is C24H35N7. The Labute approximate surface area is 185 Å². The van der Waals surface area contributed by atoms with Crippen molar-refractivity contribution >= 4 is 34.0 Å². The molecule has 0 saturated heterocycles. The van der Waals surface area contributed by atoms with E-state index in [0.717, 1.165) is 72.0 Å². The number of nitrogens with one attached hydrogen (secondary N) is 2. The number of rotatable bonds is 10. The first kappa shape index (κ1) is 22.7. The van der Waals surface area contributed by atoms with E-state index in [2.05, 4.69) is 51.3 Å². The largest absolute Gasteiger partial charge is 0.398 e. The summed E-state index contributed by atoms with van der Waals surface area (Å²) in [4.78, 5) is 16.2. The summed E-state index contributed by atoms with van der Waals surface area (Å²) in [5, 5.41) is 7.77. The highest BCUT2D eigenvalue weighted by atomic mass is 15.2. The van der Waals surface area contributed by atoms with Gasteiger partial charge in [0.15, 0.2) is 0 Å². The normalized spacial score (nSPS) is 12.3. The molecule has 7 nitrogen and oxygen atoms in total. The van der Waals surface area contributed by atoms with Gasteiger partial charge in [-0.3, -0.25) is 4.98 Å². The number of hydrogen-bond acceptors (Lipinski definition) is 7. The summed E-state index contributed by atoms with van der Waals surface area (Å²) >= 11 is 0. The molecule has 2 heterocycles. The van der Waals surface area contributed by atoms with Crippen molar-refractivity contribution in [3.63, 3.8) is 0 Å². The maximum Gasteiger partial charge on any atom is 0.225 e. The zero-order valence-electron chi connectivity index (χ0n) is 19.4. The summed E-state index contributed by atoms with van der Waals surface area (Å²) < 4.78 is 0. The lowest BCUT2D eigenvalue weighted by Crippen LogP contribution is -2.26. The van der Waals surface area contributed by atoms with Crippen molar-refractivity contribution < 1.29 is 0 Å². The molecule has 7 heteroatoms. The van der Waals surface area contributed by atoms with Crippen LogP contribution in [0.25, 0.3) is 10.9 Å². The topological polar surface area (TPSA) is 92.0 Å². The minimum atomic E-state index is 0.306. The van der Waals surface area contributed by atoms with Crippen LogP contribution in [0.4, 0.5) is 23.1 Å². The molecule has 166 valence electrons. The van der Waals surface area contributed by atoms with Crippen LogP contribution in [-0.4, -0.2) is 45.5 Å². The van der Waals surface area contributed by atoms with Gasteiger partial charge >= 0.3 is 0 Å². The molecule has 0 aliphatic carbocycles. The van der Waals surface area contributed by atoms with Crippen molar-refractivity contribution in [2.24, 2.45) is 0 Å². The number of benzene rings is 1. The highest BCUT2D eigenvalue weighted by Gasteiger charge is 2.09. The molecule has 0 aliphatic heterocycles. The molecule has 0 aliphatic rings. The highest BCUT2D eigenvalue weighted by Crippen LogP contribution is 2.26. The van der Waals surface area contributed by atoms with Gasteiger partial charge in [-0.2, -0.15) is 4.98 Å². The van der Waals surface area contributed by atoms with Gasteiger partial charge in [-0.25, -0.2) is 4.98 Å². The molecule has 0 bridgehead atoms. The van der Waals surface area contributed by atoms with Crippen molar-refractivity contribution in [3.8, 4) is 0 Å². The molecule has 2 aromatic heterocycles. The summed E-state index contributed by atoms with van der Waals surface area (Å²) in [6, 6.07) is 10.1. The summed E-state index contributed by atoms with van der Waals surface area (Å²) in [5.74, 6) is 1.40. The fraction of sp³-hybridized carbons (Fsp3) is 0.458.